The number of carbonyl (C=O) groups is 4. The molecule has 3 amide bonds. The number of pyridine rings is 1. The standard InChI is InChI=1S/C49H58Cl2N8O7/c1-32(53-27-35-12-17-38(51)25-43(35)66-40-18-13-34(14-19-40)42-28-54-44(58(42)4)29-57(2)3)46(62)55-41(30-65-5)47(63)56-49(26-33-10-15-37(50)16-11-33)20-8-22-59(31-49)48(64)36(24-45(60)61)23-39-9-6-7-21-52-39/h6-7,9-19,21,25,28,32,36,41,53H,8,20,22-24,26-27,29-31H2,1-5H3,(H,55,62)(H,56,63)(H,60,61)/t32-,36+,41-,49+/m0/s1. The number of nitrogens with zero attached hydrogens (tertiary/aromatic N) is 5. The Morgan fingerprint density at radius 3 is 2.38 bits per heavy atom. The topological polar surface area (TPSA) is 180 Å². The van der Waals surface area contributed by atoms with Crippen molar-refractivity contribution in [3.63, 3.8) is 0 Å². The summed E-state index contributed by atoms with van der Waals surface area (Å²) in [6.45, 7) is 3.02. The highest BCUT2D eigenvalue weighted by atomic mass is 35.5. The lowest BCUT2D eigenvalue weighted by molar-refractivity contribution is -0.146. The molecule has 0 saturated carbocycles. The number of ether oxygens (including phenoxy) is 2. The van der Waals surface area contributed by atoms with E-state index in [0.29, 0.717) is 53.0 Å². The van der Waals surface area contributed by atoms with Crippen LogP contribution in [0.5, 0.6) is 11.5 Å². The molecule has 3 heterocycles. The highest BCUT2D eigenvalue weighted by Gasteiger charge is 2.42. The number of aliphatic carboxylic acids is 1. The average Bonchev–Trinajstić information content (AvgIpc) is 3.64. The minimum absolute atomic E-state index is 0.113. The van der Waals surface area contributed by atoms with Crippen LogP contribution in [-0.2, 0) is 56.9 Å². The van der Waals surface area contributed by atoms with Crippen LogP contribution in [0.2, 0.25) is 10.0 Å². The molecule has 1 aliphatic rings. The number of hydrogen-bond donors (Lipinski definition) is 4. The van der Waals surface area contributed by atoms with Gasteiger partial charge in [0.2, 0.25) is 17.7 Å². The minimum atomic E-state index is -1.09. The lowest BCUT2D eigenvalue weighted by Gasteiger charge is -2.45. The van der Waals surface area contributed by atoms with Crippen LogP contribution in [0.1, 0.15) is 48.8 Å². The first-order chi connectivity index (χ1) is 31.6. The third-order valence-electron chi connectivity index (χ3n) is 11.6. The maximum atomic E-state index is 14.3. The van der Waals surface area contributed by atoms with Crippen molar-refractivity contribution >= 4 is 46.9 Å². The van der Waals surface area contributed by atoms with Crippen LogP contribution < -0.4 is 20.7 Å². The van der Waals surface area contributed by atoms with Gasteiger partial charge in [-0.3, -0.25) is 24.2 Å². The molecule has 1 saturated heterocycles. The Hall–Kier alpha value is -5.84. The third-order valence-corrected chi connectivity index (χ3v) is 12.1. The zero-order valence-electron chi connectivity index (χ0n) is 37.9. The second-order valence-corrected chi connectivity index (χ2v) is 18.0. The number of likely N-dealkylation sites (tertiary alicyclic amines) is 1. The second kappa shape index (κ2) is 23.1. The minimum Gasteiger partial charge on any atom is -0.481 e. The lowest BCUT2D eigenvalue weighted by Crippen LogP contribution is -2.65. The number of carboxylic acid groups (broad SMARTS) is 1. The molecular formula is C49H58Cl2N8O7. The van der Waals surface area contributed by atoms with E-state index in [4.69, 9.17) is 32.7 Å². The Bertz CT molecular complexity index is 2430. The van der Waals surface area contributed by atoms with E-state index >= 15 is 0 Å². The molecule has 66 heavy (non-hydrogen) atoms. The quantitative estimate of drug-likeness (QED) is 0.0648. The molecule has 1 aliphatic heterocycles. The molecule has 0 radical (unpaired) electrons. The summed E-state index contributed by atoms with van der Waals surface area (Å²) in [4.78, 5) is 66.8. The van der Waals surface area contributed by atoms with Gasteiger partial charge >= 0.3 is 5.97 Å². The van der Waals surface area contributed by atoms with Gasteiger partial charge in [-0.15, -0.1) is 0 Å². The van der Waals surface area contributed by atoms with Crippen molar-refractivity contribution in [3.8, 4) is 22.8 Å². The van der Waals surface area contributed by atoms with Gasteiger partial charge in [-0.1, -0.05) is 47.5 Å². The van der Waals surface area contributed by atoms with E-state index in [2.05, 4.69) is 35.4 Å². The Balaban J connectivity index is 1.12. The van der Waals surface area contributed by atoms with Gasteiger partial charge in [0.05, 0.1) is 49.0 Å². The fourth-order valence-electron chi connectivity index (χ4n) is 8.18. The Morgan fingerprint density at radius 2 is 1.70 bits per heavy atom. The summed E-state index contributed by atoms with van der Waals surface area (Å²) in [6, 6.07) is 23.7. The van der Waals surface area contributed by atoms with Crippen LogP contribution in [-0.4, -0.2) is 112 Å². The van der Waals surface area contributed by atoms with Crippen LogP contribution in [0, 0.1) is 5.92 Å². The number of aromatic nitrogens is 3. The molecule has 15 nitrogen and oxygen atoms in total. The molecule has 6 rings (SSSR count). The summed E-state index contributed by atoms with van der Waals surface area (Å²) in [7, 11) is 7.45. The highest BCUT2D eigenvalue weighted by Crippen LogP contribution is 2.32. The number of piperidine rings is 1. The van der Waals surface area contributed by atoms with E-state index in [1.807, 2.05) is 69.8 Å². The monoisotopic (exact) mass is 940 g/mol. The van der Waals surface area contributed by atoms with Gasteiger partial charge < -0.3 is 44.9 Å². The number of amides is 3. The Labute approximate surface area is 395 Å². The smallest absolute Gasteiger partial charge is 0.304 e. The zero-order valence-corrected chi connectivity index (χ0v) is 39.4. The van der Waals surface area contributed by atoms with Crippen molar-refractivity contribution in [2.75, 3.05) is 40.9 Å². The Kier molecular flexibility index (Phi) is 17.3. The van der Waals surface area contributed by atoms with Crippen molar-refractivity contribution in [1.29, 1.82) is 0 Å². The number of imidazole rings is 1. The van der Waals surface area contributed by atoms with Crippen molar-refractivity contribution in [2.45, 2.75) is 69.7 Å². The normalized spacial score (nSPS) is 16.3. The summed E-state index contributed by atoms with van der Waals surface area (Å²) < 4.78 is 13.8. The number of methoxy groups -OCH3 is 1. The van der Waals surface area contributed by atoms with Gasteiger partial charge in [-0.25, -0.2) is 4.98 Å². The summed E-state index contributed by atoms with van der Waals surface area (Å²) >= 11 is 12.6. The van der Waals surface area contributed by atoms with Crippen LogP contribution in [0.15, 0.2) is 97.3 Å². The van der Waals surface area contributed by atoms with Gasteiger partial charge in [-0.2, -0.15) is 0 Å². The summed E-state index contributed by atoms with van der Waals surface area (Å²) in [5.74, 6) is -1.16. The van der Waals surface area contributed by atoms with E-state index in [1.165, 1.54) is 7.11 Å². The van der Waals surface area contributed by atoms with Gasteiger partial charge in [0.15, 0.2) is 0 Å². The molecule has 2 aromatic heterocycles. The van der Waals surface area contributed by atoms with Crippen LogP contribution in [0.25, 0.3) is 11.3 Å². The van der Waals surface area contributed by atoms with Crippen LogP contribution >= 0.6 is 23.2 Å². The SMILES string of the molecule is COC[C@H](NC(=O)[C@H](C)NCc1ccc(Cl)cc1Oc1ccc(-c2cnc(CN(C)C)n2C)cc1)C(=O)N[C@@]1(Cc2ccc(Cl)cc2)CCCN(C(=O)[C@@H](CC(=O)O)Cc2ccccn2)C1. The molecule has 0 spiro atoms. The average molecular weight is 942 g/mol. The number of carbonyl (C=O) groups excluding carboxylic acids is 3. The molecule has 4 atom stereocenters. The first kappa shape index (κ1) is 49.6. The molecule has 350 valence electrons. The van der Waals surface area contributed by atoms with Gasteiger partial charge in [0.25, 0.3) is 0 Å². The first-order valence-corrected chi connectivity index (χ1v) is 22.6. The molecule has 1 fully saturated rings. The van der Waals surface area contributed by atoms with E-state index in [-0.39, 0.29) is 38.4 Å². The van der Waals surface area contributed by atoms with E-state index in [1.54, 1.807) is 60.5 Å². The van der Waals surface area contributed by atoms with Crippen LogP contribution in [0.4, 0.5) is 0 Å². The summed E-state index contributed by atoms with van der Waals surface area (Å²) in [5.41, 5.74) is 3.22. The molecule has 5 aromatic rings. The van der Waals surface area contributed by atoms with E-state index in [9.17, 15) is 24.3 Å². The number of hydrogen-bond acceptors (Lipinski definition) is 10. The number of halogens is 2. The fourth-order valence-corrected chi connectivity index (χ4v) is 8.47. The largest absolute Gasteiger partial charge is 0.481 e. The van der Waals surface area contributed by atoms with Gasteiger partial charge in [0.1, 0.15) is 23.4 Å². The number of rotatable bonds is 21. The van der Waals surface area contributed by atoms with Crippen molar-refractivity contribution < 1.29 is 33.8 Å². The summed E-state index contributed by atoms with van der Waals surface area (Å²) in [5, 5.41) is 20.1. The highest BCUT2D eigenvalue weighted by molar-refractivity contribution is 6.31. The van der Waals surface area contributed by atoms with E-state index < -0.39 is 41.3 Å². The van der Waals surface area contributed by atoms with Crippen molar-refractivity contribution in [2.24, 2.45) is 13.0 Å². The third kappa shape index (κ3) is 13.6. The predicted octanol–water partition coefficient (Wildman–Crippen LogP) is 6.31. The molecular weight excluding hydrogens is 883 g/mol. The number of carboxylic acids is 1. The molecule has 4 N–H and O–H groups in total. The van der Waals surface area contributed by atoms with Crippen molar-refractivity contribution in [1.82, 2.24) is 40.3 Å². The maximum absolute atomic E-state index is 14.3. The molecule has 0 bridgehead atoms. The predicted molar refractivity (Wildman–Crippen MR) is 253 cm³/mol. The van der Waals surface area contributed by atoms with Gasteiger partial charge in [-0.05, 0) is 107 Å². The van der Waals surface area contributed by atoms with Crippen molar-refractivity contribution in [3.05, 3.63) is 130 Å². The number of benzene rings is 3. The fraction of sp³-hybridized carbons (Fsp3) is 0.388. The molecule has 0 unspecified atom stereocenters. The molecule has 3 aromatic carbocycles. The van der Waals surface area contributed by atoms with Crippen LogP contribution in [0.3, 0.4) is 0 Å². The second-order valence-electron chi connectivity index (χ2n) is 17.1. The molecule has 17 heteroatoms. The Morgan fingerprint density at radius 1 is 0.955 bits per heavy atom. The summed E-state index contributed by atoms with van der Waals surface area (Å²) in [6.07, 6.45) is 4.64. The molecule has 0 aliphatic carbocycles. The van der Waals surface area contributed by atoms with Gasteiger partial charge in [0, 0.05) is 73.3 Å². The number of nitrogens with one attached hydrogen (secondary N) is 3. The first-order valence-electron chi connectivity index (χ1n) is 21.8. The van der Waals surface area contributed by atoms with E-state index in [0.717, 1.165) is 34.8 Å². The lowest BCUT2D eigenvalue weighted by atomic mass is 9.82. The zero-order chi connectivity index (χ0) is 47.4. The maximum Gasteiger partial charge on any atom is 0.304 e.